The molecule has 0 radical (unpaired) electrons. The molecule has 0 aliphatic carbocycles. The highest BCUT2D eigenvalue weighted by Gasteiger charge is 2.41. The molecule has 0 aromatic heterocycles. The molecular formula is C32H40N2O3. The summed E-state index contributed by atoms with van der Waals surface area (Å²) in [4.78, 5) is 4.82. The Balaban J connectivity index is 1.12. The van der Waals surface area contributed by atoms with Gasteiger partial charge in [0.25, 0.3) is 0 Å². The second kappa shape index (κ2) is 12.2. The molecule has 0 bridgehead atoms. The fraction of sp³-hybridized carbons (Fsp3) is 0.438. The predicted molar refractivity (Wildman–Crippen MR) is 149 cm³/mol. The van der Waals surface area contributed by atoms with E-state index in [0.717, 1.165) is 88.3 Å². The van der Waals surface area contributed by atoms with E-state index in [9.17, 15) is 10.2 Å². The lowest BCUT2D eigenvalue weighted by Crippen LogP contribution is -2.44. The lowest BCUT2D eigenvalue weighted by Gasteiger charge is -2.42. The van der Waals surface area contributed by atoms with E-state index in [1.807, 2.05) is 60.7 Å². The van der Waals surface area contributed by atoms with Gasteiger partial charge in [-0.2, -0.15) is 0 Å². The van der Waals surface area contributed by atoms with Gasteiger partial charge in [-0.25, -0.2) is 0 Å². The summed E-state index contributed by atoms with van der Waals surface area (Å²) in [5, 5.41) is 22.8. The van der Waals surface area contributed by atoms with Gasteiger partial charge in [0.1, 0.15) is 5.60 Å². The third kappa shape index (κ3) is 6.07. The summed E-state index contributed by atoms with van der Waals surface area (Å²) in [6.45, 7) is 6.32. The average molecular weight is 501 g/mol. The molecule has 5 heteroatoms. The molecule has 0 amide bonds. The van der Waals surface area contributed by atoms with Crippen LogP contribution in [0.5, 0.6) is 0 Å². The van der Waals surface area contributed by atoms with Crippen LogP contribution in [0.15, 0.2) is 84.9 Å². The zero-order valence-electron chi connectivity index (χ0n) is 21.7. The first-order valence-electron chi connectivity index (χ1n) is 13.8. The zero-order valence-corrected chi connectivity index (χ0v) is 21.7. The van der Waals surface area contributed by atoms with Gasteiger partial charge in [-0.3, -0.25) is 0 Å². The highest BCUT2D eigenvalue weighted by molar-refractivity contribution is 5.48. The smallest absolute Gasteiger partial charge is 0.117 e. The standard InChI is InChI=1S/C32H40N2O3/c35-31(26-13-15-30(16-14-26)34-22-24-37-25-23-34)12-7-19-33-20-17-29(18-21-33)32(36,27-8-3-1-4-9-27)28-10-5-2-6-11-28/h1-6,8-11,13-16,29,31,35-36H,7,12,17-25H2. The van der Waals surface area contributed by atoms with Crippen molar-refractivity contribution in [3.8, 4) is 0 Å². The van der Waals surface area contributed by atoms with Gasteiger partial charge in [0.05, 0.1) is 19.3 Å². The van der Waals surface area contributed by atoms with Crippen molar-refractivity contribution in [2.24, 2.45) is 5.92 Å². The van der Waals surface area contributed by atoms with Gasteiger partial charge >= 0.3 is 0 Å². The summed E-state index contributed by atoms with van der Waals surface area (Å²) < 4.78 is 5.44. The molecule has 0 saturated carbocycles. The first-order chi connectivity index (χ1) is 18.1. The number of morpholine rings is 1. The van der Waals surface area contributed by atoms with E-state index in [0.29, 0.717) is 0 Å². The normalized spacial score (nSPS) is 18.6. The minimum absolute atomic E-state index is 0.170. The minimum atomic E-state index is -0.974. The van der Waals surface area contributed by atoms with E-state index in [1.165, 1.54) is 5.69 Å². The van der Waals surface area contributed by atoms with Crippen LogP contribution >= 0.6 is 0 Å². The van der Waals surface area contributed by atoms with Crippen LogP contribution in [0.4, 0.5) is 5.69 Å². The molecule has 5 nitrogen and oxygen atoms in total. The number of hydrogen-bond donors (Lipinski definition) is 2. The Hall–Kier alpha value is -2.70. The number of aliphatic hydroxyl groups excluding tert-OH is 1. The summed E-state index contributed by atoms with van der Waals surface area (Å²) in [6.07, 6.45) is 3.18. The molecule has 0 spiro atoms. The maximum atomic E-state index is 12.1. The lowest BCUT2D eigenvalue weighted by molar-refractivity contribution is -0.0146. The van der Waals surface area contributed by atoms with Crippen LogP contribution in [0.2, 0.25) is 0 Å². The SMILES string of the molecule is OC(CCCN1CCC(C(O)(c2ccccc2)c2ccccc2)CC1)c1ccc(N2CCOCC2)cc1. The van der Waals surface area contributed by atoms with Gasteiger partial charge in [0, 0.05) is 18.8 Å². The Morgan fingerprint density at radius 3 is 1.92 bits per heavy atom. The van der Waals surface area contributed by atoms with Crippen LogP contribution in [0.25, 0.3) is 0 Å². The Bertz CT molecular complexity index is 1040. The summed E-state index contributed by atoms with van der Waals surface area (Å²) in [5.41, 5.74) is 3.17. The summed E-state index contributed by atoms with van der Waals surface area (Å²) in [7, 11) is 0. The number of anilines is 1. The number of aliphatic hydroxyl groups is 2. The average Bonchev–Trinajstić information content (AvgIpc) is 2.98. The van der Waals surface area contributed by atoms with Crippen LogP contribution < -0.4 is 4.90 Å². The Labute approximate surface area is 221 Å². The highest BCUT2D eigenvalue weighted by atomic mass is 16.5. The summed E-state index contributed by atoms with van der Waals surface area (Å²) in [5.74, 6) is 0.170. The molecule has 2 heterocycles. The van der Waals surface area contributed by atoms with Crippen LogP contribution in [0.1, 0.15) is 48.5 Å². The van der Waals surface area contributed by atoms with Crippen molar-refractivity contribution in [2.45, 2.75) is 37.4 Å². The lowest BCUT2D eigenvalue weighted by atomic mass is 9.72. The van der Waals surface area contributed by atoms with E-state index in [4.69, 9.17) is 4.74 Å². The van der Waals surface area contributed by atoms with Crippen LogP contribution in [-0.4, -0.2) is 61.1 Å². The molecule has 2 saturated heterocycles. The minimum Gasteiger partial charge on any atom is -0.388 e. The van der Waals surface area contributed by atoms with Crippen molar-refractivity contribution in [1.29, 1.82) is 0 Å². The van der Waals surface area contributed by atoms with Crippen molar-refractivity contribution in [2.75, 3.05) is 50.8 Å². The number of hydrogen-bond acceptors (Lipinski definition) is 5. The molecule has 1 atom stereocenters. The molecule has 2 N–H and O–H groups in total. The molecular weight excluding hydrogens is 460 g/mol. The van der Waals surface area contributed by atoms with Gasteiger partial charge < -0.3 is 24.7 Å². The predicted octanol–water partition coefficient (Wildman–Crippen LogP) is 4.98. The Morgan fingerprint density at radius 1 is 0.784 bits per heavy atom. The Kier molecular flexibility index (Phi) is 8.57. The van der Waals surface area contributed by atoms with Gasteiger partial charge in [-0.1, -0.05) is 72.8 Å². The maximum Gasteiger partial charge on any atom is 0.117 e. The van der Waals surface area contributed by atoms with Crippen molar-refractivity contribution >= 4 is 5.69 Å². The second-order valence-corrected chi connectivity index (χ2v) is 10.5. The second-order valence-electron chi connectivity index (χ2n) is 10.5. The van der Waals surface area contributed by atoms with Gasteiger partial charge in [-0.05, 0) is 80.1 Å². The fourth-order valence-electron chi connectivity index (χ4n) is 6.00. The number of piperidine rings is 1. The highest BCUT2D eigenvalue weighted by Crippen LogP contribution is 2.42. The number of likely N-dealkylation sites (tertiary alicyclic amines) is 1. The van der Waals surface area contributed by atoms with Crippen molar-refractivity contribution in [3.63, 3.8) is 0 Å². The van der Waals surface area contributed by atoms with Crippen LogP contribution in [-0.2, 0) is 10.3 Å². The van der Waals surface area contributed by atoms with Crippen LogP contribution in [0.3, 0.4) is 0 Å². The third-order valence-corrected chi connectivity index (χ3v) is 8.21. The molecule has 1 unspecified atom stereocenters. The van der Waals surface area contributed by atoms with Gasteiger partial charge in [0.2, 0.25) is 0 Å². The number of rotatable bonds is 9. The van der Waals surface area contributed by atoms with Crippen molar-refractivity contribution < 1.29 is 14.9 Å². The van der Waals surface area contributed by atoms with Crippen molar-refractivity contribution in [1.82, 2.24) is 4.90 Å². The maximum absolute atomic E-state index is 12.1. The summed E-state index contributed by atoms with van der Waals surface area (Å²) in [6, 6.07) is 28.6. The van der Waals surface area contributed by atoms with E-state index >= 15 is 0 Å². The monoisotopic (exact) mass is 500 g/mol. The molecule has 37 heavy (non-hydrogen) atoms. The third-order valence-electron chi connectivity index (χ3n) is 8.21. The molecule has 3 aromatic carbocycles. The molecule has 196 valence electrons. The zero-order chi connectivity index (χ0) is 25.5. The molecule has 3 aromatic rings. The summed E-state index contributed by atoms with van der Waals surface area (Å²) >= 11 is 0. The van der Waals surface area contributed by atoms with E-state index < -0.39 is 11.7 Å². The topological polar surface area (TPSA) is 56.2 Å². The molecule has 5 rings (SSSR count). The first-order valence-corrected chi connectivity index (χ1v) is 13.8. The van der Waals surface area contributed by atoms with E-state index in [-0.39, 0.29) is 5.92 Å². The largest absolute Gasteiger partial charge is 0.388 e. The van der Waals surface area contributed by atoms with E-state index in [1.54, 1.807) is 0 Å². The Morgan fingerprint density at radius 2 is 1.35 bits per heavy atom. The number of nitrogens with zero attached hydrogens (tertiary/aromatic N) is 2. The van der Waals surface area contributed by atoms with Crippen LogP contribution in [0, 0.1) is 5.92 Å². The quantitative estimate of drug-likeness (QED) is 0.434. The molecule has 2 fully saturated rings. The number of ether oxygens (including phenoxy) is 1. The molecule has 2 aliphatic heterocycles. The van der Waals surface area contributed by atoms with Gasteiger partial charge in [-0.15, -0.1) is 0 Å². The molecule has 2 aliphatic rings. The van der Waals surface area contributed by atoms with Gasteiger partial charge in [0.15, 0.2) is 0 Å². The van der Waals surface area contributed by atoms with E-state index in [2.05, 4.69) is 34.1 Å². The van der Waals surface area contributed by atoms with Crippen molar-refractivity contribution in [3.05, 3.63) is 102 Å². The fourth-order valence-corrected chi connectivity index (χ4v) is 6.00. The number of benzene rings is 3. The first kappa shape index (κ1) is 25.9.